The zero-order chi connectivity index (χ0) is 12.0. The summed E-state index contributed by atoms with van der Waals surface area (Å²) in [4.78, 5) is 0. The molecule has 0 unspecified atom stereocenters. The van der Waals surface area contributed by atoms with E-state index in [9.17, 15) is 0 Å². The zero-order valence-corrected chi connectivity index (χ0v) is 10.4. The van der Waals surface area contributed by atoms with Gasteiger partial charge < -0.3 is 14.2 Å². The standard InChI is InChI=1S/C13H20O3/c1-5-11-6-8-12(9-7-11)10-13(14-2,15-3)16-4/h6-9H,5,10H2,1-4H3. The van der Waals surface area contributed by atoms with Gasteiger partial charge in [-0.15, -0.1) is 0 Å². The van der Waals surface area contributed by atoms with E-state index in [-0.39, 0.29) is 0 Å². The first-order valence-electron chi connectivity index (χ1n) is 5.43. The summed E-state index contributed by atoms with van der Waals surface area (Å²) in [6.07, 6.45) is 1.62. The van der Waals surface area contributed by atoms with Gasteiger partial charge in [-0.25, -0.2) is 0 Å². The highest BCUT2D eigenvalue weighted by Crippen LogP contribution is 2.19. The highest BCUT2D eigenvalue weighted by atomic mass is 16.9. The van der Waals surface area contributed by atoms with E-state index < -0.39 is 5.97 Å². The van der Waals surface area contributed by atoms with Crippen LogP contribution in [0.4, 0.5) is 0 Å². The van der Waals surface area contributed by atoms with Gasteiger partial charge in [-0.3, -0.25) is 0 Å². The Morgan fingerprint density at radius 3 is 1.69 bits per heavy atom. The predicted molar refractivity (Wildman–Crippen MR) is 63.3 cm³/mol. The maximum Gasteiger partial charge on any atom is 0.286 e. The normalized spacial score (nSPS) is 11.8. The molecule has 0 aromatic heterocycles. The molecule has 0 aliphatic carbocycles. The number of ether oxygens (including phenoxy) is 3. The number of aryl methyl sites for hydroxylation is 1. The van der Waals surface area contributed by atoms with Gasteiger partial charge in [0.2, 0.25) is 0 Å². The van der Waals surface area contributed by atoms with Gasteiger partial charge in [0, 0.05) is 21.3 Å². The van der Waals surface area contributed by atoms with E-state index in [0.717, 1.165) is 12.0 Å². The van der Waals surface area contributed by atoms with Gasteiger partial charge in [-0.2, -0.15) is 0 Å². The molecule has 0 N–H and O–H groups in total. The van der Waals surface area contributed by atoms with Crippen LogP contribution in [0.5, 0.6) is 0 Å². The molecule has 0 aliphatic rings. The Labute approximate surface area is 97.3 Å². The Kier molecular flexibility index (Phi) is 4.93. The van der Waals surface area contributed by atoms with Gasteiger partial charge in [-0.1, -0.05) is 31.2 Å². The number of methoxy groups -OCH3 is 3. The van der Waals surface area contributed by atoms with Crippen LogP contribution in [0.15, 0.2) is 24.3 Å². The monoisotopic (exact) mass is 224 g/mol. The van der Waals surface area contributed by atoms with Gasteiger partial charge in [0.1, 0.15) is 0 Å². The maximum absolute atomic E-state index is 5.25. The molecule has 1 aromatic rings. The summed E-state index contributed by atoms with van der Waals surface area (Å²) in [5, 5.41) is 0. The van der Waals surface area contributed by atoms with Gasteiger partial charge in [-0.05, 0) is 17.5 Å². The minimum atomic E-state index is -0.978. The Hall–Kier alpha value is -0.900. The summed E-state index contributed by atoms with van der Waals surface area (Å²) in [6.45, 7) is 2.14. The molecule has 0 atom stereocenters. The highest BCUT2D eigenvalue weighted by molar-refractivity contribution is 5.23. The fourth-order valence-electron chi connectivity index (χ4n) is 1.61. The van der Waals surface area contributed by atoms with E-state index in [1.54, 1.807) is 21.3 Å². The van der Waals surface area contributed by atoms with Crippen molar-refractivity contribution in [3.63, 3.8) is 0 Å². The first-order valence-corrected chi connectivity index (χ1v) is 5.43. The van der Waals surface area contributed by atoms with Crippen molar-refractivity contribution in [2.24, 2.45) is 0 Å². The molecule has 0 fully saturated rings. The minimum Gasteiger partial charge on any atom is -0.331 e. The van der Waals surface area contributed by atoms with Crippen LogP contribution in [0, 0.1) is 0 Å². The lowest BCUT2D eigenvalue weighted by Gasteiger charge is -2.28. The van der Waals surface area contributed by atoms with E-state index in [0.29, 0.717) is 6.42 Å². The van der Waals surface area contributed by atoms with Crippen molar-refractivity contribution in [1.29, 1.82) is 0 Å². The lowest BCUT2D eigenvalue weighted by Crippen LogP contribution is -2.38. The van der Waals surface area contributed by atoms with Crippen molar-refractivity contribution in [1.82, 2.24) is 0 Å². The number of rotatable bonds is 6. The largest absolute Gasteiger partial charge is 0.331 e. The molecule has 3 heteroatoms. The molecule has 0 heterocycles. The van der Waals surface area contributed by atoms with Gasteiger partial charge in [0.15, 0.2) is 0 Å². The molecular formula is C13H20O3. The topological polar surface area (TPSA) is 27.7 Å². The second-order valence-electron chi connectivity index (χ2n) is 3.64. The first-order chi connectivity index (χ1) is 7.69. The summed E-state index contributed by atoms with van der Waals surface area (Å²) in [5.41, 5.74) is 2.45. The van der Waals surface area contributed by atoms with E-state index in [2.05, 4.69) is 31.2 Å². The predicted octanol–water partition coefficient (Wildman–Crippen LogP) is 2.38. The lowest BCUT2D eigenvalue weighted by molar-refractivity contribution is -0.350. The molecule has 0 bridgehead atoms. The molecule has 0 saturated carbocycles. The molecule has 0 saturated heterocycles. The molecular weight excluding hydrogens is 204 g/mol. The first kappa shape index (κ1) is 13.2. The van der Waals surface area contributed by atoms with E-state index >= 15 is 0 Å². The molecule has 0 radical (unpaired) electrons. The van der Waals surface area contributed by atoms with E-state index in [4.69, 9.17) is 14.2 Å². The van der Waals surface area contributed by atoms with Crippen LogP contribution in [0.1, 0.15) is 18.1 Å². The zero-order valence-electron chi connectivity index (χ0n) is 10.4. The van der Waals surface area contributed by atoms with Crippen molar-refractivity contribution >= 4 is 0 Å². The minimum absolute atomic E-state index is 0.570. The van der Waals surface area contributed by atoms with Crippen LogP contribution in [0.3, 0.4) is 0 Å². The molecule has 16 heavy (non-hydrogen) atoms. The maximum atomic E-state index is 5.25. The molecule has 90 valence electrons. The van der Waals surface area contributed by atoms with Gasteiger partial charge in [0.25, 0.3) is 5.97 Å². The average Bonchev–Trinajstić information content (AvgIpc) is 2.37. The lowest BCUT2D eigenvalue weighted by atomic mass is 10.1. The average molecular weight is 224 g/mol. The van der Waals surface area contributed by atoms with Crippen LogP contribution in [0.25, 0.3) is 0 Å². The van der Waals surface area contributed by atoms with Crippen LogP contribution < -0.4 is 0 Å². The molecule has 0 amide bonds. The SMILES string of the molecule is CCc1ccc(CC(OC)(OC)OC)cc1. The van der Waals surface area contributed by atoms with Crippen molar-refractivity contribution in [2.45, 2.75) is 25.7 Å². The third-order valence-corrected chi connectivity index (χ3v) is 2.78. The fraction of sp³-hybridized carbons (Fsp3) is 0.538. The fourth-order valence-corrected chi connectivity index (χ4v) is 1.61. The van der Waals surface area contributed by atoms with Crippen molar-refractivity contribution in [3.8, 4) is 0 Å². The molecule has 0 spiro atoms. The Morgan fingerprint density at radius 1 is 0.875 bits per heavy atom. The summed E-state index contributed by atoms with van der Waals surface area (Å²) >= 11 is 0. The summed E-state index contributed by atoms with van der Waals surface area (Å²) in [7, 11) is 4.73. The molecule has 0 aliphatic heterocycles. The number of hydrogen-bond donors (Lipinski definition) is 0. The quantitative estimate of drug-likeness (QED) is 0.694. The van der Waals surface area contributed by atoms with Crippen LogP contribution in [-0.2, 0) is 27.1 Å². The smallest absolute Gasteiger partial charge is 0.286 e. The summed E-state index contributed by atoms with van der Waals surface area (Å²) in [6, 6.07) is 8.37. The van der Waals surface area contributed by atoms with Crippen molar-refractivity contribution in [3.05, 3.63) is 35.4 Å². The van der Waals surface area contributed by atoms with Gasteiger partial charge >= 0.3 is 0 Å². The van der Waals surface area contributed by atoms with Crippen LogP contribution in [0.2, 0.25) is 0 Å². The highest BCUT2D eigenvalue weighted by Gasteiger charge is 2.29. The summed E-state index contributed by atoms with van der Waals surface area (Å²) < 4.78 is 15.8. The van der Waals surface area contributed by atoms with E-state index in [1.807, 2.05) is 0 Å². The number of benzene rings is 1. The van der Waals surface area contributed by atoms with Crippen LogP contribution in [-0.4, -0.2) is 27.3 Å². The van der Waals surface area contributed by atoms with E-state index in [1.165, 1.54) is 5.56 Å². The second kappa shape index (κ2) is 5.99. The molecule has 1 aromatic carbocycles. The van der Waals surface area contributed by atoms with Crippen molar-refractivity contribution < 1.29 is 14.2 Å². The third-order valence-electron chi connectivity index (χ3n) is 2.78. The Bertz CT molecular complexity index is 293. The Morgan fingerprint density at radius 2 is 1.31 bits per heavy atom. The van der Waals surface area contributed by atoms with Crippen LogP contribution >= 0.6 is 0 Å². The van der Waals surface area contributed by atoms with Gasteiger partial charge in [0.05, 0.1) is 6.42 Å². The number of hydrogen-bond acceptors (Lipinski definition) is 3. The second-order valence-corrected chi connectivity index (χ2v) is 3.64. The molecule has 1 rings (SSSR count). The summed E-state index contributed by atoms with van der Waals surface area (Å²) in [5.74, 6) is -0.978. The third kappa shape index (κ3) is 3.04. The Balaban J connectivity index is 2.77. The van der Waals surface area contributed by atoms with Crippen molar-refractivity contribution in [2.75, 3.05) is 21.3 Å². The molecule has 3 nitrogen and oxygen atoms in total.